The number of nitrogens with zero attached hydrogens (tertiary/aromatic N) is 1. The molecule has 0 spiro atoms. The molecule has 1 heterocycles. The molecule has 1 atom stereocenters. The average Bonchev–Trinajstić information content (AvgIpc) is 2.36. The first-order valence-corrected chi connectivity index (χ1v) is 6.77. The quantitative estimate of drug-likeness (QED) is 0.927. The second-order valence-electron chi connectivity index (χ2n) is 5.03. The van der Waals surface area contributed by atoms with Crippen molar-refractivity contribution in [2.75, 3.05) is 11.4 Å². The number of aliphatic carboxylic acids is 1. The molecular formula is C14H16ClNO4. The summed E-state index contributed by atoms with van der Waals surface area (Å²) in [5.41, 5.74) is 0.528. The number of ether oxygens (including phenoxy) is 1. The van der Waals surface area contributed by atoms with E-state index in [1.54, 1.807) is 18.2 Å². The van der Waals surface area contributed by atoms with E-state index in [0.29, 0.717) is 16.5 Å². The number of amides is 1. The van der Waals surface area contributed by atoms with Gasteiger partial charge in [-0.15, -0.1) is 0 Å². The van der Waals surface area contributed by atoms with Crippen molar-refractivity contribution in [3.8, 4) is 5.75 Å². The Hall–Kier alpha value is -1.75. The largest absolute Gasteiger partial charge is 0.481 e. The molecule has 1 aliphatic heterocycles. The molecule has 0 radical (unpaired) electrons. The lowest BCUT2D eigenvalue weighted by Crippen LogP contribution is -2.49. The zero-order valence-corrected chi connectivity index (χ0v) is 12.1. The normalized spacial score (nSPS) is 17.9. The molecule has 1 aliphatic rings. The molecule has 0 saturated heterocycles. The van der Waals surface area contributed by atoms with Crippen LogP contribution in [0, 0.1) is 5.92 Å². The first kappa shape index (κ1) is 14.7. The van der Waals surface area contributed by atoms with Crippen LogP contribution in [0.5, 0.6) is 5.75 Å². The Morgan fingerprint density at radius 1 is 1.50 bits per heavy atom. The van der Waals surface area contributed by atoms with Gasteiger partial charge in [0, 0.05) is 11.6 Å². The number of fused-ring (bicyclic) bond motifs is 1. The summed E-state index contributed by atoms with van der Waals surface area (Å²) >= 11 is 5.94. The summed E-state index contributed by atoms with van der Waals surface area (Å²) in [6, 6.07) is 5.00. The Morgan fingerprint density at radius 3 is 2.80 bits per heavy atom. The highest BCUT2D eigenvalue weighted by Crippen LogP contribution is 2.37. The number of carbonyl (C=O) groups excluding carboxylic acids is 1. The van der Waals surface area contributed by atoms with Crippen LogP contribution in [0.3, 0.4) is 0 Å². The van der Waals surface area contributed by atoms with Crippen LogP contribution in [-0.4, -0.2) is 29.6 Å². The van der Waals surface area contributed by atoms with E-state index in [9.17, 15) is 9.59 Å². The number of carboxylic acids is 1. The third-order valence-electron chi connectivity index (χ3n) is 3.13. The molecule has 0 saturated carbocycles. The number of hydrogen-bond acceptors (Lipinski definition) is 3. The number of rotatable bonds is 4. The van der Waals surface area contributed by atoms with Crippen molar-refractivity contribution in [3.63, 3.8) is 0 Å². The molecule has 0 bridgehead atoms. The number of carbonyl (C=O) groups is 2. The minimum absolute atomic E-state index is 0.00124. The van der Waals surface area contributed by atoms with Gasteiger partial charge in [0.05, 0.1) is 12.1 Å². The van der Waals surface area contributed by atoms with Gasteiger partial charge in [0.25, 0.3) is 5.91 Å². The van der Waals surface area contributed by atoms with E-state index in [2.05, 4.69) is 0 Å². The van der Waals surface area contributed by atoms with Gasteiger partial charge in [-0.25, -0.2) is 0 Å². The van der Waals surface area contributed by atoms with Gasteiger partial charge in [0.15, 0.2) is 6.10 Å². The van der Waals surface area contributed by atoms with Gasteiger partial charge < -0.3 is 14.7 Å². The van der Waals surface area contributed by atoms with Crippen LogP contribution in [0.1, 0.15) is 20.3 Å². The molecule has 6 heteroatoms. The van der Waals surface area contributed by atoms with Crippen LogP contribution >= 0.6 is 11.6 Å². The third-order valence-corrected chi connectivity index (χ3v) is 3.37. The number of anilines is 1. The van der Waals surface area contributed by atoms with E-state index < -0.39 is 12.1 Å². The molecule has 1 unspecified atom stereocenters. The molecule has 0 aromatic heterocycles. The van der Waals surface area contributed by atoms with Gasteiger partial charge in [-0.3, -0.25) is 9.59 Å². The summed E-state index contributed by atoms with van der Waals surface area (Å²) < 4.78 is 5.70. The molecule has 20 heavy (non-hydrogen) atoms. The maximum atomic E-state index is 12.4. The zero-order valence-electron chi connectivity index (χ0n) is 11.3. The van der Waals surface area contributed by atoms with E-state index in [-0.39, 0.29) is 24.8 Å². The van der Waals surface area contributed by atoms with Crippen molar-refractivity contribution in [2.45, 2.75) is 26.4 Å². The van der Waals surface area contributed by atoms with Crippen molar-refractivity contribution in [1.82, 2.24) is 0 Å². The fourth-order valence-electron chi connectivity index (χ4n) is 2.12. The van der Waals surface area contributed by atoms with Crippen LogP contribution in [0.15, 0.2) is 18.2 Å². The van der Waals surface area contributed by atoms with Crippen molar-refractivity contribution in [1.29, 1.82) is 0 Å². The highest BCUT2D eigenvalue weighted by Gasteiger charge is 2.36. The van der Waals surface area contributed by atoms with Gasteiger partial charge in [-0.1, -0.05) is 25.4 Å². The van der Waals surface area contributed by atoms with Crippen LogP contribution in [0.2, 0.25) is 5.02 Å². The molecule has 5 nitrogen and oxygen atoms in total. The van der Waals surface area contributed by atoms with Crippen LogP contribution < -0.4 is 9.64 Å². The fourth-order valence-corrected chi connectivity index (χ4v) is 2.29. The molecule has 1 aromatic rings. The van der Waals surface area contributed by atoms with E-state index in [0.717, 1.165) is 0 Å². The van der Waals surface area contributed by atoms with Crippen LogP contribution in [0.4, 0.5) is 5.69 Å². The summed E-state index contributed by atoms with van der Waals surface area (Å²) in [6.45, 7) is 3.88. The van der Waals surface area contributed by atoms with E-state index >= 15 is 0 Å². The standard InChI is InChI=1S/C14H16ClNO4/c1-8(2)13-14(19)16(6-5-12(17)18)10-7-9(15)3-4-11(10)20-13/h3-4,7-8,13H,5-6H2,1-2H3,(H,17,18). The van der Waals surface area contributed by atoms with Gasteiger partial charge in [-0.2, -0.15) is 0 Å². The molecular weight excluding hydrogens is 282 g/mol. The summed E-state index contributed by atoms with van der Waals surface area (Å²) in [7, 11) is 0. The molecule has 1 amide bonds. The minimum Gasteiger partial charge on any atom is -0.481 e. The Bertz CT molecular complexity index is 544. The van der Waals surface area contributed by atoms with Crippen molar-refractivity contribution in [2.24, 2.45) is 5.92 Å². The summed E-state index contributed by atoms with van der Waals surface area (Å²) in [4.78, 5) is 24.6. The van der Waals surface area contributed by atoms with Crippen molar-refractivity contribution >= 4 is 29.2 Å². The average molecular weight is 298 g/mol. The predicted octanol–water partition coefficient (Wildman–Crippen LogP) is 2.56. The van der Waals surface area contributed by atoms with E-state index in [1.807, 2.05) is 13.8 Å². The monoisotopic (exact) mass is 297 g/mol. The lowest BCUT2D eigenvalue weighted by molar-refractivity contribution is -0.136. The number of halogens is 1. The topological polar surface area (TPSA) is 66.8 Å². The first-order valence-electron chi connectivity index (χ1n) is 6.39. The van der Waals surface area contributed by atoms with Crippen molar-refractivity contribution < 1.29 is 19.4 Å². The fraction of sp³-hybridized carbons (Fsp3) is 0.429. The molecule has 1 aromatic carbocycles. The Morgan fingerprint density at radius 2 is 2.20 bits per heavy atom. The molecule has 2 rings (SSSR count). The summed E-state index contributed by atoms with van der Waals surface area (Å²) in [6.07, 6.45) is -0.722. The first-order chi connectivity index (χ1) is 9.40. The Labute approximate surface area is 122 Å². The molecule has 108 valence electrons. The SMILES string of the molecule is CC(C)C1Oc2ccc(Cl)cc2N(CCC(=O)O)C1=O. The summed E-state index contributed by atoms with van der Waals surface area (Å²) in [5, 5.41) is 9.29. The smallest absolute Gasteiger partial charge is 0.305 e. The molecule has 1 N–H and O–H groups in total. The highest BCUT2D eigenvalue weighted by molar-refractivity contribution is 6.31. The predicted molar refractivity (Wildman–Crippen MR) is 75.3 cm³/mol. The number of benzene rings is 1. The maximum absolute atomic E-state index is 12.4. The Balaban J connectivity index is 2.38. The molecule has 0 aliphatic carbocycles. The number of carboxylic acid groups (broad SMARTS) is 1. The van der Waals surface area contributed by atoms with Gasteiger partial charge >= 0.3 is 5.97 Å². The lowest BCUT2D eigenvalue weighted by atomic mass is 10.0. The Kier molecular flexibility index (Phi) is 4.18. The minimum atomic E-state index is -0.950. The van der Waals surface area contributed by atoms with Crippen LogP contribution in [-0.2, 0) is 9.59 Å². The summed E-state index contributed by atoms with van der Waals surface area (Å²) in [5.74, 6) is -0.623. The van der Waals surface area contributed by atoms with Crippen LogP contribution in [0.25, 0.3) is 0 Å². The van der Waals surface area contributed by atoms with Gasteiger partial charge in [0.1, 0.15) is 5.75 Å². The maximum Gasteiger partial charge on any atom is 0.305 e. The number of hydrogen-bond donors (Lipinski definition) is 1. The van der Waals surface area contributed by atoms with Gasteiger partial charge in [0.2, 0.25) is 0 Å². The lowest BCUT2D eigenvalue weighted by Gasteiger charge is -2.35. The van der Waals surface area contributed by atoms with E-state index in [4.69, 9.17) is 21.4 Å². The van der Waals surface area contributed by atoms with Crippen molar-refractivity contribution in [3.05, 3.63) is 23.2 Å². The third kappa shape index (κ3) is 2.88. The second-order valence-corrected chi connectivity index (χ2v) is 5.46. The van der Waals surface area contributed by atoms with E-state index in [1.165, 1.54) is 4.90 Å². The van der Waals surface area contributed by atoms with Gasteiger partial charge in [-0.05, 0) is 24.1 Å². The molecule has 0 fully saturated rings. The highest BCUT2D eigenvalue weighted by atomic mass is 35.5. The second kappa shape index (κ2) is 5.71. The zero-order chi connectivity index (χ0) is 14.9.